The molecule has 0 aliphatic heterocycles. The number of aryl methyl sites for hydroxylation is 1. The first-order chi connectivity index (χ1) is 12.9. The molecule has 1 aromatic rings. The third-order valence-electron chi connectivity index (χ3n) is 9.64. The van der Waals surface area contributed by atoms with Gasteiger partial charge in [0.15, 0.2) is 0 Å². The van der Waals surface area contributed by atoms with E-state index in [1.54, 1.807) is 0 Å². The molecule has 27 heavy (non-hydrogen) atoms. The van der Waals surface area contributed by atoms with Crippen LogP contribution < -0.4 is 0 Å². The summed E-state index contributed by atoms with van der Waals surface area (Å²) in [7, 11) is 1.99. The summed E-state index contributed by atoms with van der Waals surface area (Å²) in [6.07, 6.45) is 16.1. The molecule has 0 aromatic carbocycles. The Labute approximate surface area is 164 Å². The summed E-state index contributed by atoms with van der Waals surface area (Å²) in [5, 5.41) is 15.6. The number of aliphatic hydroxyl groups is 1. The number of aliphatic hydroxyl groups excluding tert-OH is 1. The quantitative estimate of drug-likeness (QED) is 0.739. The lowest BCUT2D eigenvalue weighted by atomic mass is 9.45. The highest BCUT2D eigenvalue weighted by Crippen LogP contribution is 2.66. The molecule has 0 radical (unpaired) electrons. The van der Waals surface area contributed by atoms with Crippen LogP contribution in [0.3, 0.4) is 0 Å². The maximum Gasteiger partial charge on any atom is 0.0810 e. The van der Waals surface area contributed by atoms with Crippen molar-refractivity contribution in [1.29, 1.82) is 0 Å². The van der Waals surface area contributed by atoms with Crippen molar-refractivity contribution in [2.75, 3.05) is 0 Å². The van der Waals surface area contributed by atoms with Gasteiger partial charge in [-0.1, -0.05) is 26.7 Å². The van der Waals surface area contributed by atoms with Crippen LogP contribution in [0.1, 0.15) is 77.3 Å². The van der Waals surface area contributed by atoms with Gasteiger partial charge in [-0.05, 0) is 91.7 Å². The lowest BCUT2D eigenvalue weighted by molar-refractivity contribution is -0.119. The average Bonchev–Trinajstić information content (AvgIpc) is 3.17. The van der Waals surface area contributed by atoms with Crippen LogP contribution in [-0.4, -0.2) is 21.0 Å². The Kier molecular flexibility index (Phi) is 4.13. The molecule has 1 aromatic heterocycles. The Morgan fingerprint density at radius 3 is 2.70 bits per heavy atom. The molecule has 4 aliphatic carbocycles. The number of nitrogens with zero attached hydrogens (tertiary/aromatic N) is 2. The van der Waals surface area contributed by atoms with Gasteiger partial charge in [-0.3, -0.25) is 4.68 Å². The molecule has 4 saturated carbocycles. The summed E-state index contributed by atoms with van der Waals surface area (Å²) in [6, 6.07) is 2.06. The van der Waals surface area contributed by atoms with Gasteiger partial charge in [-0.25, -0.2) is 0 Å². The molecule has 0 spiro atoms. The Hall–Kier alpha value is -1.09. The third kappa shape index (κ3) is 2.53. The van der Waals surface area contributed by atoms with Crippen molar-refractivity contribution in [1.82, 2.24) is 9.78 Å². The number of hydrogen-bond donors (Lipinski definition) is 1. The van der Waals surface area contributed by atoms with E-state index in [0.717, 1.165) is 29.9 Å². The fourth-order valence-corrected chi connectivity index (χ4v) is 8.01. The molecule has 148 valence electrons. The molecule has 0 bridgehead atoms. The van der Waals surface area contributed by atoms with Crippen molar-refractivity contribution in [3.8, 4) is 0 Å². The summed E-state index contributed by atoms with van der Waals surface area (Å²) in [4.78, 5) is 0. The molecule has 0 amide bonds. The van der Waals surface area contributed by atoms with Gasteiger partial charge in [-0.15, -0.1) is 0 Å². The fraction of sp³-hybridized carbons (Fsp3) is 0.792. The molecule has 7 atom stereocenters. The average molecular weight is 369 g/mol. The van der Waals surface area contributed by atoms with Crippen molar-refractivity contribution in [3.05, 3.63) is 23.5 Å². The van der Waals surface area contributed by atoms with Crippen molar-refractivity contribution >= 4 is 6.08 Å². The van der Waals surface area contributed by atoms with Crippen LogP contribution in [0.5, 0.6) is 0 Å². The van der Waals surface area contributed by atoms with Crippen LogP contribution in [0, 0.1) is 34.5 Å². The molecular formula is C24H36N2O. The van der Waals surface area contributed by atoms with Crippen LogP contribution in [-0.2, 0) is 7.05 Å². The molecule has 3 nitrogen and oxygen atoms in total. The first-order valence-corrected chi connectivity index (χ1v) is 11.3. The zero-order chi connectivity index (χ0) is 18.8. The number of hydrogen-bond acceptors (Lipinski definition) is 2. The van der Waals surface area contributed by atoms with Crippen LogP contribution in [0.2, 0.25) is 0 Å². The van der Waals surface area contributed by atoms with Gasteiger partial charge in [0.25, 0.3) is 0 Å². The normalized spacial score (nSPS) is 48.1. The first-order valence-electron chi connectivity index (χ1n) is 11.3. The number of aromatic nitrogens is 2. The van der Waals surface area contributed by atoms with Crippen molar-refractivity contribution in [2.24, 2.45) is 41.5 Å². The Morgan fingerprint density at radius 2 is 1.93 bits per heavy atom. The molecule has 3 heteroatoms. The highest BCUT2D eigenvalue weighted by atomic mass is 16.3. The molecule has 4 fully saturated rings. The zero-order valence-corrected chi connectivity index (χ0v) is 17.3. The Balaban J connectivity index is 1.47. The first kappa shape index (κ1) is 18.0. The molecule has 0 unspecified atom stereocenters. The maximum absolute atomic E-state index is 11.3. The maximum atomic E-state index is 11.3. The zero-order valence-electron chi connectivity index (χ0n) is 17.3. The van der Waals surface area contributed by atoms with Crippen LogP contribution in [0.25, 0.3) is 6.08 Å². The number of fused-ring (bicyclic) bond motifs is 5. The number of rotatable bonds is 1. The summed E-state index contributed by atoms with van der Waals surface area (Å²) < 4.78 is 1.92. The van der Waals surface area contributed by atoms with Gasteiger partial charge in [0.2, 0.25) is 0 Å². The van der Waals surface area contributed by atoms with Gasteiger partial charge < -0.3 is 5.11 Å². The van der Waals surface area contributed by atoms with Gasteiger partial charge in [-0.2, -0.15) is 5.10 Å². The van der Waals surface area contributed by atoms with Gasteiger partial charge in [0, 0.05) is 18.7 Å². The van der Waals surface area contributed by atoms with E-state index in [2.05, 4.69) is 31.1 Å². The van der Waals surface area contributed by atoms with Gasteiger partial charge in [0.05, 0.1) is 11.8 Å². The van der Waals surface area contributed by atoms with Crippen molar-refractivity contribution in [2.45, 2.75) is 77.7 Å². The van der Waals surface area contributed by atoms with E-state index in [1.165, 1.54) is 56.9 Å². The minimum atomic E-state index is -0.282. The largest absolute Gasteiger partial charge is 0.388 e. The van der Waals surface area contributed by atoms with Crippen molar-refractivity contribution < 1.29 is 5.11 Å². The predicted octanol–water partition coefficient (Wildman–Crippen LogP) is 5.21. The smallest absolute Gasteiger partial charge is 0.0810 e. The fourth-order valence-electron chi connectivity index (χ4n) is 8.01. The second-order valence-electron chi connectivity index (χ2n) is 10.7. The monoisotopic (exact) mass is 368 g/mol. The molecule has 1 N–H and O–H groups in total. The minimum absolute atomic E-state index is 0.0729. The Morgan fingerprint density at radius 1 is 1.07 bits per heavy atom. The van der Waals surface area contributed by atoms with E-state index < -0.39 is 0 Å². The topological polar surface area (TPSA) is 38.0 Å². The highest BCUT2D eigenvalue weighted by molar-refractivity contribution is 5.52. The standard InChI is InChI=1S/C24H36N2O/c1-23-11-5-4-6-17(23)7-8-19-20(23)9-12-24(2)21(19)15-16(22(24)27)14-18-10-13-25-26(18)3/h10,13-14,17,19-22,27H,4-9,11-12,15H2,1-3H3/b16-14+/t17-,19-,20+,21+,22-,23+,24+/m1/s1. The van der Waals surface area contributed by atoms with E-state index in [9.17, 15) is 5.11 Å². The van der Waals surface area contributed by atoms with E-state index in [4.69, 9.17) is 0 Å². The predicted molar refractivity (Wildman–Crippen MR) is 109 cm³/mol. The molecular weight excluding hydrogens is 332 g/mol. The summed E-state index contributed by atoms with van der Waals surface area (Å²) in [6.45, 7) is 5.02. The summed E-state index contributed by atoms with van der Waals surface area (Å²) in [5.41, 5.74) is 3.01. The van der Waals surface area contributed by atoms with Crippen molar-refractivity contribution in [3.63, 3.8) is 0 Å². The van der Waals surface area contributed by atoms with E-state index in [-0.39, 0.29) is 11.5 Å². The van der Waals surface area contributed by atoms with Gasteiger partial charge >= 0.3 is 0 Å². The molecule has 1 heterocycles. The molecule has 0 saturated heterocycles. The minimum Gasteiger partial charge on any atom is -0.388 e. The Bertz CT molecular complexity index is 751. The second-order valence-corrected chi connectivity index (χ2v) is 10.7. The van der Waals surface area contributed by atoms with E-state index in [1.807, 2.05) is 17.9 Å². The molecule has 4 aliphatic rings. The SMILES string of the molecule is Cn1nccc1/C=C1\C[C@H]2[C@@H]3CC[C@H]4CCCC[C@]4(C)[C@H]3CC[C@]2(C)[C@@H]1O. The lowest BCUT2D eigenvalue weighted by Crippen LogP contribution is -2.53. The molecule has 5 rings (SSSR count). The lowest BCUT2D eigenvalue weighted by Gasteiger charge is -2.60. The van der Waals surface area contributed by atoms with E-state index >= 15 is 0 Å². The summed E-state index contributed by atoms with van der Waals surface area (Å²) in [5.74, 6) is 3.33. The van der Waals surface area contributed by atoms with Crippen LogP contribution >= 0.6 is 0 Å². The highest BCUT2D eigenvalue weighted by Gasteiger charge is 2.60. The van der Waals surface area contributed by atoms with Crippen LogP contribution in [0.15, 0.2) is 17.8 Å². The van der Waals surface area contributed by atoms with Crippen LogP contribution in [0.4, 0.5) is 0 Å². The third-order valence-corrected chi connectivity index (χ3v) is 9.64. The van der Waals surface area contributed by atoms with E-state index in [0.29, 0.717) is 11.3 Å². The second kappa shape index (κ2) is 6.20. The van der Waals surface area contributed by atoms with Gasteiger partial charge in [0.1, 0.15) is 0 Å². The summed E-state index contributed by atoms with van der Waals surface area (Å²) >= 11 is 0.